The van der Waals surface area contributed by atoms with E-state index in [1.807, 2.05) is 0 Å². The van der Waals surface area contributed by atoms with Gasteiger partial charge in [0.2, 0.25) is 0 Å². The molecule has 0 aliphatic carbocycles. The van der Waals surface area contributed by atoms with E-state index in [0.29, 0.717) is 12.6 Å². The van der Waals surface area contributed by atoms with Crippen LogP contribution in [0.2, 0.25) is 0 Å². The van der Waals surface area contributed by atoms with Crippen LogP contribution in [0.5, 0.6) is 0 Å². The third kappa shape index (κ3) is 1.81. The van der Waals surface area contributed by atoms with Crippen LogP contribution < -0.4 is 10.6 Å². The molecule has 2 aromatic heterocycles. The maximum atomic E-state index is 5.90. The number of aromatic nitrogens is 2. The average Bonchev–Trinajstić information content (AvgIpc) is 2.92. The van der Waals surface area contributed by atoms with Crippen molar-refractivity contribution < 1.29 is 0 Å². The van der Waals surface area contributed by atoms with E-state index in [4.69, 9.17) is 10.7 Å². The Labute approximate surface area is 111 Å². The molecule has 1 unspecified atom stereocenters. The molecule has 0 radical (unpaired) electrons. The first-order valence-electron chi connectivity index (χ1n) is 6.30. The zero-order valence-corrected chi connectivity index (χ0v) is 11.7. The van der Waals surface area contributed by atoms with E-state index in [2.05, 4.69) is 39.7 Å². The Balaban J connectivity index is 1.96. The van der Waals surface area contributed by atoms with Gasteiger partial charge in [-0.15, -0.1) is 11.3 Å². The van der Waals surface area contributed by atoms with Gasteiger partial charge in [0.25, 0.3) is 0 Å². The zero-order chi connectivity index (χ0) is 12.7. The number of hydrogen-bond donors (Lipinski definition) is 1. The lowest BCUT2D eigenvalue weighted by Crippen LogP contribution is -2.50. The van der Waals surface area contributed by atoms with Gasteiger partial charge in [-0.25, -0.2) is 4.98 Å². The van der Waals surface area contributed by atoms with Crippen LogP contribution in [0, 0.1) is 0 Å². The topological polar surface area (TPSA) is 49.8 Å². The quantitative estimate of drug-likeness (QED) is 0.880. The monoisotopic (exact) mass is 265 g/mol. The molecule has 1 atom stereocenters. The number of hydrogen-bond acceptors (Lipinski definition) is 5. The van der Waals surface area contributed by atoms with Crippen LogP contribution in [0.25, 0.3) is 4.96 Å². The van der Waals surface area contributed by atoms with Crippen LogP contribution in [0.4, 0.5) is 5.82 Å². The molecule has 0 amide bonds. The third-order valence-electron chi connectivity index (χ3n) is 3.79. The third-order valence-corrected chi connectivity index (χ3v) is 4.55. The number of imidazole rings is 1. The predicted molar refractivity (Wildman–Crippen MR) is 75.3 cm³/mol. The van der Waals surface area contributed by atoms with Gasteiger partial charge in [0.15, 0.2) is 10.8 Å². The van der Waals surface area contributed by atoms with Crippen molar-refractivity contribution in [2.75, 3.05) is 31.6 Å². The number of anilines is 1. The molecule has 98 valence electrons. The lowest BCUT2D eigenvalue weighted by atomic mass is 10.2. The molecule has 2 aromatic rings. The number of rotatable bonds is 2. The highest BCUT2D eigenvalue weighted by Crippen LogP contribution is 2.26. The van der Waals surface area contributed by atoms with Crippen molar-refractivity contribution >= 4 is 22.1 Å². The van der Waals surface area contributed by atoms with Crippen LogP contribution >= 0.6 is 11.3 Å². The van der Waals surface area contributed by atoms with Gasteiger partial charge in [-0.1, -0.05) is 0 Å². The lowest BCUT2D eigenvalue weighted by molar-refractivity contribution is 0.233. The van der Waals surface area contributed by atoms with Crippen molar-refractivity contribution in [1.82, 2.24) is 14.3 Å². The normalized spacial score (nSPS) is 21.9. The summed E-state index contributed by atoms with van der Waals surface area (Å²) in [6.07, 6.45) is 2.05. The van der Waals surface area contributed by atoms with Crippen molar-refractivity contribution in [2.24, 2.45) is 5.73 Å². The van der Waals surface area contributed by atoms with E-state index >= 15 is 0 Å². The Morgan fingerprint density at radius 3 is 3.06 bits per heavy atom. The molecule has 18 heavy (non-hydrogen) atoms. The summed E-state index contributed by atoms with van der Waals surface area (Å²) in [6.45, 7) is 5.92. The summed E-state index contributed by atoms with van der Waals surface area (Å²) < 4.78 is 2.11. The SMILES string of the molecule is CC1CN(c2nc3sccn3c2CN)CCN1C. The number of nitrogens with two attached hydrogens (primary N) is 1. The number of piperazine rings is 1. The van der Waals surface area contributed by atoms with E-state index in [-0.39, 0.29) is 0 Å². The maximum Gasteiger partial charge on any atom is 0.195 e. The van der Waals surface area contributed by atoms with Crippen LogP contribution in [0.3, 0.4) is 0 Å². The Morgan fingerprint density at radius 1 is 1.50 bits per heavy atom. The number of fused-ring (bicyclic) bond motifs is 1. The summed E-state index contributed by atoms with van der Waals surface area (Å²) in [5.74, 6) is 1.07. The van der Waals surface area contributed by atoms with Gasteiger partial charge in [0.05, 0.1) is 5.69 Å². The molecule has 6 heteroatoms. The zero-order valence-electron chi connectivity index (χ0n) is 10.8. The standard InChI is InChI=1S/C12H19N5S/c1-9-8-16(4-3-15(9)2)11-10(7-13)17-5-6-18-12(17)14-11/h5-6,9H,3-4,7-8,13H2,1-2H3. The first-order chi connectivity index (χ1) is 8.70. The Kier molecular flexibility index (Phi) is 3.01. The van der Waals surface area contributed by atoms with Crippen molar-refractivity contribution in [2.45, 2.75) is 19.5 Å². The molecule has 1 fully saturated rings. The smallest absolute Gasteiger partial charge is 0.195 e. The van der Waals surface area contributed by atoms with E-state index in [9.17, 15) is 0 Å². The second-order valence-corrected chi connectivity index (χ2v) is 5.79. The summed E-state index contributed by atoms with van der Waals surface area (Å²) in [4.78, 5) is 10.5. The van der Waals surface area contributed by atoms with E-state index in [1.54, 1.807) is 11.3 Å². The second-order valence-electron chi connectivity index (χ2n) is 4.92. The predicted octanol–water partition coefficient (Wildman–Crippen LogP) is 0.995. The molecule has 2 N–H and O–H groups in total. The highest BCUT2D eigenvalue weighted by molar-refractivity contribution is 7.15. The molecule has 0 spiro atoms. The van der Waals surface area contributed by atoms with Crippen LogP contribution in [-0.4, -0.2) is 47.0 Å². The van der Waals surface area contributed by atoms with Gasteiger partial charge in [-0.3, -0.25) is 4.40 Å². The van der Waals surface area contributed by atoms with Gasteiger partial charge >= 0.3 is 0 Å². The molecule has 5 nitrogen and oxygen atoms in total. The number of likely N-dealkylation sites (N-methyl/N-ethyl adjacent to an activating group) is 1. The minimum atomic E-state index is 0.536. The Morgan fingerprint density at radius 2 is 2.33 bits per heavy atom. The molecule has 3 heterocycles. The van der Waals surface area contributed by atoms with Crippen LogP contribution in [0.15, 0.2) is 11.6 Å². The fourth-order valence-electron chi connectivity index (χ4n) is 2.50. The molecule has 3 rings (SSSR count). The lowest BCUT2D eigenvalue weighted by Gasteiger charge is -2.38. The molecule has 0 saturated carbocycles. The molecule has 0 aromatic carbocycles. The summed E-state index contributed by atoms with van der Waals surface area (Å²) in [5, 5.41) is 2.05. The maximum absolute atomic E-state index is 5.90. The summed E-state index contributed by atoms with van der Waals surface area (Å²) >= 11 is 1.66. The van der Waals surface area contributed by atoms with Crippen molar-refractivity contribution in [3.63, 3.8) is 0 Å². The Hall–Kier alpha value is -1.11. The molecular formula is C12H19N5S. The van der Waals surface area contributed by atoms with E-state index in [1.165, 1.54) is 0 Å². The minimum Gasteiger partial charge on any atom is -0.352 e. The summed E-state index contributed by atoms with van der Waals surface area (Å²) in [6, 6.07) is 0.559. The Bertz CT molecular complexity index is 546. The van der Waals surface area contributed by atoms with E-state index in [0.717, 1.165) is 36.1 Å². The molecule has 0 bridgehead atoms. The van der Waals surface area contributed by atoms with E-state index < -0.39 is 0 Å². The van der Waals surface area contributed by atoms with Crippen molar-refractivity contribution in [3.05, 3.63) is 17.3 Å². The van der Waals surface area contributed by atoms with Gasteiger partial charge in [-0.2, -0.15) is 0 Å². The van der Waals surface area contributed by atoms with Gasteiger partial charge in [0, 0.05) is 43.8 Å². The molecular weight excluding hydrogens is 246 g/mol. The second kappa shape index (κ2) is 4.53. The van der Waals surface area contributed by atoms with Gasteiger partial charge in [-0.05, 0) is 14.0 Å². The highest BCUT2D eigenvalue weighted by Gasteiger charge is 2.25. The summed E-state index contributed by atoms with van der Waals surface area (Å²) in [7, 11) is 2.18. The van der Waals surface area contributed by atoms with Gasteiger partial charge < -0.3 is 15.5 Å². The van der Waals surface area contributed by atoms with Gasteiger partial charge in [0.1, 0.15) is 0 Å². The van der Waals surface area contributed by atoms with Crippen LogP contribution in [-0.2, 0) is 6.54 Å². The summed E-state index contributed by atoms with van der Waals surface area (Å²) in [5.41, 5.74) is 7.02. The highest BCUT2D eigenvalue weighted by atomic mass is 32.1. The number of nitrogens with zero attached hydrogens (tertiary/aromatic N) is 4. The van der Waals surface area contributed by atoms with Crippen molar-refractivity contribution in [1.29, 1.82) is 0 Å². The first kappa shape index (κ1) is 12.0. The first-order valence-corrected chi connectivity index (χ1v) is 7.18. The largest absolute Gasteiger partial charge is 0.352 e. The minimum absolute atomic E-state index is 0.536. The number of thiazole rings is 1. The molecule has 1 aliphatic heterocycles. The average molecular weight is 265 g/mol. The fourth-order valence-corrected chi connectivity index (χ4v) is 3.23. The molecule has 1 aliphatic rings. The fraction of sp³-hybridized carbons (Fsp3) is 0.583. The van der Waals surface area contributed by atoms with Crippen LogP contribution in [0.1, 0.15) is 12.6 Å². The van der Waals surface area contributed by atoms with Crippen molar-refractivity contribution in [3.8, 4) is 0 Å². The molecule has 1 saturated heterocycles.